The summed E-state index contributed by atoms with van der Waals surface area (Å²) >= 11 is 0. The minimum atomic E-state index is -1.26. The van der Waals surface area contributed by atoms with Gasteiger partial charge < -0.3 is 9.84 Å². The van der Waals surface area contributed by atoms with Crippen molar-refractivity contribution >= 4 is 17.8 Å². The van der Waals surface area contributed by atoms with Crippen LogP contribution < -0.4 is 15.6 Å². The third kappa shape index (κ3) is 4.86. The number of nitrogens with one attached hydrogen (secondary N) is 2. The Balaban J connectivity index is 2.55. The number of methoxy groups -OCH3 is 1. The first-order chi connectivity index (χ1) is 9.02. The summed E-state index contributed by atoms with van der Waals surface area (Å²) < 4.78 is 4.84. The third-order valence-corrected chi connectivity index (χ3v) is 1.88. The van der Waals surface area contributed by atoms with Gasteiger partial charge in [0.1, 0.15) is 0 Å². The fourth-order valence-corrected chi connectivity index (χ4v) is 1.04. The molecule has 8 heteroatoms. The Hall–Kier alpha value is -2.90. The summed E-state index contributed by atoms with van der Waals surface area (Å²) in [5.41, 5.74) is 4.36. The van der Waals surface area contributed by atoms with Crippen LogP contribution in [-0.4, -0.2) is 35.0 Å². The molecule has 0 aliphatic heterocycles. The number of hydrogen-bond donors (Lipinski definition) is 3. The minimum absolute atomic E-state index is 0.231. The number of pyridine rings is 1. The predicted octanol–water partition coefficient (Wildman–Crippen LogP) is -0.508. The molecule has 19 heavy (non-hydrogen) atoms. The van der Waals surface area contributed by atoms with Crippen molar-refractivity contribution in [2.75, 3.05) is 7.11 Å². The maximum atomic E-state index is 11.6. The molecule has 3 N–H and O–H groups in total. The fraction of sp³-hybridized carbons (Fsp3) is 0.0909. The number of rotatable bonds is 4. The van der Waals surface area contributed by atoms with Crippen LogP contribution in [0.5, 0.6) is 5.88 Å². The molecule has 1 aromatic rings. The first-order valence-electron chi connectivity index (χ1n) is 5.04. The van der Waals surface area contributed by atoms with Gasteiger partial charge in [-0.25, -0.2) is 9.78 Å². The lowest BCUT2D eigenvalue weighted by Gasteiger charge is -2.05. The van der Waals surface area contributed by atoms with Crippen molar-refractivity contribution in [3.05, 3.63) is 36.0 Å². The molecule has 0 radical (unpaired) electrons. The molecule has 0 atom stereocenters. The van der Waals surface area contributed by atoms with Crippen molar-refractivity contribution < 1.29 is 24.2 Å². The van der Waals surface area contributed by atoms with Crippen molar-refractivity contribution in [1.29, 1.82) is 0 Å². The molecule has 0 aromatic carbocycles. The van der Waals surface area contributed by atoms with Gasteiger partial charge in [0.2, 0.25) is 5.88 Å². The van der Waals surface area contributed by atoms with Gasteiger partial charge in [0.15, 0.2) is 0 Å². The van der Waals surface area contributed by atoms with Crippen LogP contribution in [0.3, 0.4) is 0 Å². The van der Waals surface area contributed by atoms with Gasteiger partial charge in [0, 0.05) is 30.0 Å². The van der Waals surface area contributed by atoms with Crippen molar-refractivity contribution in [3.8, 4) is 5.88 Å². The molecule has 0 saturated heterocycles. The zero-order valence-electron chi connectivity index (χ0n) is 9.91. The molecule has 0 fully saturated rings. The second-order valence-electron chi connectivity index (χ2n) is 3.20. The number of carboxylic acid groups (broad SMARTS) is 1. The Bertz CT molecular complexity index is 527. The maximum Gasteiger partial charge on any atom is 0.328 e. The molecular formula is C11H11N3O5. The Morgan fingerprint density at radius 2 is 2.05 bits per heavy atom. The van der Waals surface area contributed by atoms with Crippen LogP contribution in [0.2, 0.25) is 0 Å². The second kappa shape index (κ2) is 6.74. The van der Waals surface area contributed by atoms with Crippen LogP contribution in [0.25, 0.3) is 0 Å². The molecule has 2 amide bonds. The SMILES string of the molecule is COc1cc(C(=O)NNC(=O)/C=C\C(=O)O)ccn1. The number of ether oxygens (including phenoxy) is 1. The lowest BCUT2D eigenvalue weighted by molar-refractivity contribution is -0.131. The number of amides is 2. The van der Waals surface area contributed by atoms with Gasteiger partial charge in [-0.05, 0) is 6.07 Å². The van der Waals surface area contributed by atoms with Gasteiger partial charge in [-0.1, -0.05) is 0 Å². The summed E-state index contributed by atoms with van der Waals surface area (Å²) in [6.07, 6.45) is 2.80. The molecule has 1 rings (SSSR count). The fourth-order valence-electron chi connectivity index (χ4n) is 1.04. The van der Waals surface area contributed by atoms with Gasteiger partial charge >= 0.3 is 5.97 Å². The van der Waals surface area contributed by atoms with Crippen LogP contribution in [-0.2, 0) is 9.59 Å². The first kappa shape index (κ1) is 14.2. The van der Waals surface area contributed by atoms with E-state index in [2.05, 4.69) is 10.4 Å². The van der Waals surface area contributed by atoms with E-state index in [1.807, 2.05) is 5.43 Å². The third-order valence-electron chi connectivity index (χ3n) is 1.88. The van der Waals surface area contributed by atoms with E-state index in [0.29, 0.717) is 6.08 Å². The van der Waals surface area contributed by atoms with Gasteiger partial charge in [0.05, 0.1) is 7.11 Å². The Morgan fingerprint density at radius 3 is 2.68 bits per heavy atom. The van der Waals surface area contributed by atoms with Crippen molar-refractivity contribution in [2.45, 2.75) is 0 Å². The van der Waals surface area contributed by atoms with Crippen LogP contribution in [0.15, 0.2) is 30.5 Å². The molecule has 1 aromatic heterocycles. The largest absolute Gasteiger partial charge is 0.481 e. The van der Waals surface area contributed by atoms with Crippen LogP contribution in [0.1, 0.15) is 10.4 Å². The summed E-state index contributed by atoms with van der Waals surface area (Å²) in [7, 11) is 1.41. The highest BCUT2D eigenvalue weighted by atomic mass is 16.5. The van der Waals surface area contributed by atoms with E-state index in [4.69, 9.17) is 9.84 Å². The van der Waals surface area contributed by atoms with E-state index < -0.39 is 17.8 Å². The standard InChI is InChI=1S/C11H11N3O5/c1-19-9-6-7(4-5-12-9)11(18)14-13-8(15)2-3-10(16)17/h2-6H,1H3,(H,13,15)(H,14,18)(H,16,17)/b3-2-. The topological polar surface area (TPSA) is 118 Å². The predicted molar refractivity (Wildman–Crippen MR) is 63.2 cm³/mol. The molecule has 1 heterocycles. The molecule has 0 aliphatic carbocycles. The average molecular weight is 265 g/mol. The highest BCUT2D eigenvalue weighted by Gasteiger charge is 2.07. The van der Waals surface area contributed by atoms with E-state index in [1.54, 1.807) is 0 Å². The Kier molecular flexibility index (Phi) is 5.03. The van der Waals surface area contributed by atoms with Gasteiger partial charge in [-0.3, -0.25) is 20.4 Å². The van der Waals surface area contributed by atoms with E-state index in [0.717, 1.165) is 6.08 Å². The summed E-state index contributed by atoms with van der Waals surface area (Å²) in [5.74, 6) is -2.36. The average Bonchev–Trinajstić information content (AvgIpc) is 2.42. The molecule has 0 saturated carbocycles. The highest BCUT2D eigenvalue weighted by Crippen LogP contribution is 2.07. The molecule has 8 nitrogen and oxygen atoms in total. The molecule has 100 valence electrons. The highest BCUT2D eigenvalue weighted by molar-refractivity contribution is 5.98. The molecule has 0 spiro atoms. The normalized spacial score (nSPS) is 9.95. The number of nitrogens with zero attached hydrogens (tertiary/aromatic N) is 1. The maximum absolute atomic E-state index is 11.6. The van der Waals surface area contributed by atoms with E-state index in [-0.39, 0.29) is 11.4 Å². The zero-order chi connectivity index (χ0) is 14.3. The van der Waals surface area contributed by atoms with Crippen molar-refractivity contribution in [1.82, 2.24) is 15.8 Å². The minimum Gasteiger partial charge on any atom is -0.481 e. The molecule has 0 aliphatic rings. The van der Waals surface area contributed by atoms with Gasteiger partial charge in [-0.2, -0.15) is 0 Å². The van der Waals surface area contributed by atoms with E-state index in [9.17, 15) is 14.4 Å². The summed E-state index contributed by atoms with van der Waals surface area (Å²) in [5, 5.41) is 8.30. The molecular weight excluding hydrogens is 254 g/mol. The van der Waals surface area contributed by atoms with Crippen molar-refractivity contribution in [3.63, 3.8) is 0 Å². The lowest BCUT2D eigenvalue weighted by Crippen LogP contribution is -2.40. The van der Waals surface area contributed by atoms with Gasteiger partial charge in [-0.15, -0.1) is 0 Å². The Labute approximate surface area is 108 Å². The number of aliphatic carboxylic acids is 1. The monoisotopic (exact) mass is 265 g/mol. The quantitative estimate of drug-likeness (QED) is 0.498. The van der Waals surface area contributed by atoms with E-state index >= 15 is 0 Å². The Morgan fingerprint density at radius 1 is 1.32 bits per heavy atom. The molecule has 0 bridgehead atoms. The molecule has 0 unspecified atom stereocenters. The summed E-state index contributed by atoms with van der Waals surface area (Å²) in [4.78, 5) is 36.7. The number of hydrogen-bond acceptors (Lipinski definition) is 5. The van der Waals surface area contributed by atoms with Crippen LogP contribution >= 0.6 is 0 Å². The smallest absolute Gasteiger partial charge is 0.328 e. The van der Waals surface area contributed by atoms with Crippen LogP contribution in [0.4, 0.5) is 0 Å². The number of carboxylic acids is 1. The van der Waals surface area contributed by atoms with E-state index in [1.165, 1.54) is 25.4 Å². The zero-order valence-corrected chi connectivity index (χ0v) is 9.91. The number of hydrazine groups is 1. The number of carbonyl (C=O) groups excluding carboxylic acids is 2. The summed E-state index contributed by atoms with van der Waals surface area (Å²) in [6.45, 7) is 0. The van der Waals surface area contributed by atoms with Crippen LogP contribution in [0, 0.1) is 0 Å². The number of carbonyl (C=O) groups is 3. The second-order valence-corrected chi connectivity index (χ2v) is 3.20. The number of aromatic nitrogens is 1. The van der Waals surface area contributed by atoms with Gasteiger partial charge in [0.25, 0.3) is 11.8 Å². The first-order valence-corrected chi connectivity index (χ1v) is 5.04. The summed E-state index contributed by atoms with van der Waals surface area (Å²) in [6, 6.07) is 2.81. The van der Waals surface area contributed by atoms with Crippen molar-refractivity contribution in [2.24, 2.45) is 0 Å². The lowest BCUT2D eigenvalue weighted by atomic mass is 10.2.